The standard InChI is InChI=1S/C11H11Cl2F2NO/c1-2-6(12)5-16-11(17)7-3-10(15)8(13)4-9(7)14/h3-4,6H,2,5H2,1H3,(H,16,17). The van der Waals surface area contributed by atoms with Crippen molar-refractivity contribution < 1.29 is 13.6 Å². The fraction of sp³-hybridized carbons (Fsp3) is 0.364. The number of amides is 1. The second-order valence-electron chi connectivity index (χ2n) is 3.46. The molecule has 2 nitrogen and oxygen atoms in total. The van der Waals surface area contributed by atoms with Gasteiger partial charge in [-0.2, -0.15) is 0 Å². The van der Waals surface area contributed by atoms with Crippen LogP contribution in [0.15, 0.2) is 12.1 Å². The molecule has 6 heteroatoms. The van der Waals surface area contributed by atoms with Crippen LogP contribution in [-0.4, -0.2) is 17.8 Å². The first-order valence-electron chi connectivity index (χ1n) is 5.02. The van der Waals surface area contributed by atoms with Crippen LogP contribution in [0.3, 0.4) is 0 Å². The van der Waals surface area contributed by atoms with E-state index in [0.717, 1.165) is 12.1 Å². The highest BCUT2D eigenvalue weighted by Crippen LogP contribution is 2.19. The lowest BCUT2D eigenvalue weighted by atomic mass is 10.2. The molecule has 0 bridgehead atoms. The average Bonchev–Trinajstić information content (AvgIpc) is 2.30. The summed E-state index contributed by atoms with van der Waals surface area (Å²) < 4.78 is 26.4. The Bertz CT molecular complexity index is 426. The smallest absolute Gasteiger partial charge is 0.254 e. The Kier molecular flexibility index (Phi) is 5.15. The molecule has 94 valence electrons. The predicted molar refractivity (Wildman–Crippen MR) is 63.6 cm³/mol. The van der Waals surface area contributed by atoms with Gasteiger partial charge in [0.15, 0.2) is 0 Å². The Morgan fingerprint density at radius 1 is 1.41 bits per heavy atom. The summed E-state index contributed by atoms with van der Waals surface area (Å²) in [5.74, 6) is -2.41. The van der Waals surface area contributed by atoms with Crippen LogP contribution in [0, 0.1) is 11.6 Å². The second-order valence-corrected chi connectivity index (χ2v) is 4.49. The zero-order valence-corrected chi connectivity index (χ0v) is 10.6. The summed E-state index contributed by atoms with van der Waals surface area (Å²) in [6.45, 7) is 2.05. The third kappa shape index (κ3) is 3.82. The first kappa shape index (κ1) is 14.2. The average molecular weight is 282 g/mol. The number of hydrogen-bond donors (Lipinski definition) is 1. The number of halogens is 4. The van der Waals surface area contributed by atoms with Crippen molar-refractivity contribution in [2.24, 2.45) is 0 Å². The van der Waals surface area contributed by atoms with Crippen molar-refractivity contribution in [2.45, 2.75) is 18.7 Å². The summed E-state index contributed by atoms with van der Waals surface area (Å²) in [4.78, 5) is 11.5. The summed E-state index contributed by atoms with van der Waals surface area (Å²) in [6.07, 6.45) is 0.666. The molecule has 0 aliphatic carbocycles. The van der Waals surface area contributed by atoms with E-state index in [-0.39, 0.29) is 22.5 Å². The van der Waals surface area contributed by atoms with Crippen molar-refractivity contribution in [3.63, 3.8) is 0 Å². The van der Waals surface area contributed by atoms with E-state index < -0.39 is 17.5 Å². The minimum Gasteiger partial charge on any atom is -0.350 e. The first-order valence-corrected chi connectivity index (χ1v) is 5.84. The predicted octanol–water partition coefficient (Wildman–Crippen LogP) is 3.37. The quantitative estimate of drug-likeness (QED) is 0.665. The van der Waals surface area contributed by atoms with Crippen molar-refractivity contribution in [2.75, 3.05) is 6.54 Å². The van der Waals surface area contributed by atoms with Gasteiger partial charge < -0.3 is 5.32 Å². The van der Waals surface area contributed by atoms with Gasteiger partial charge in [-0.1, -0.05) is 18.5 Å². The van der Waals surface area contributed by atoms with Crippen molar-refractivity contribution in [3.05, 3.63) is 34.4 Å². The monoisotopic (exact) mass is 281 g/mol. The maximum absolute atomic E-state index is 13.3. The Balaban J connectivity index is 2.79. The Hall–Kier alpha value is -0.870. The highest BCUT2D eigenvalue weighted by Gasteiger charge is 2.15. The summed E-state index contributed by atoms with van der Waals surface area (Å²) in [5, 5.41) is 1.82. The van der Waals surface area contributed by atoms with E-state index in [1.54, 1.807) is 0 Å². The highest BCUT2D eigenvalue weighted by molar-refractivity contribution is 6.30. The van der Waals surface area contributed by atoms with E-state index in [2.05, 4.69) is 5.32 Å². The van der Waals surface area contributed by atoms with Crippen LogP contribution in [0.2, 0.25) is 5.02 Å². The Labute approximate surface area is 108 Å². The molecule has 0 aromatic heterocycles. The SMILES string of the molecule is CCC(Cl)CNC(=O)c1cc(F)c(Cl)cc1F. The van der Waals surface area contributed by atoms with Crippen LogP contribution in [0.5, 0.6) is 0 Å². The lowest BCUT2D eigenvalue weighted by molar-refractivity contribution is 0.0949. The molecular formula is C11H11Cl2F2NO. The van der Waals surface area contributed by atoms with Crippen molar-refractivity contribution in [3.8, 4) is 0 Å². The molecule has 1 amide bonds. The second kappa shape index (κ2) is 6.17. The minimum absolute atomic E-state index is 0.195. The largest absolute Gasteiger partial charge is 0.350 e. The number of carbonyl (C=O) groups excluding carboxylic acids is 1. The molecule has 17 heavy (non-hydrogen) atoms. The Morgan fingerprint density at radius 2 is 2.06 bits per heavy atom. The molecule has 1 N–H and O–H groups in total. The van der Waals surface area contributed by atoms with E-state index in [1.165, 1.54) is 0 Å². The molecule has 0 spiro atoms. The van der Waals surface area contributed by atoms with Gasteiger partial charge in [-0.15, -0.1) is 11.6 Å². The number of carbonyl (C=O) groups is 1. The van der Waals surface area contributed by atoms with E-state index in [1.807, 2.05) is 6.92 Å². The zero-order valence-electron chi connectivity index (χ0n) is 9.07. The molecule has 0 aliphatic rings. The lowest BCUT2D eigenvalue weighted by Gasteiger charge is -2.09. The molecule has 1 aromatic rings. The third-order valence-electron chi connectivity index (χ3n) is 2.18. The van der Waals surface area contributed by atoms with Gasteiger partial charge in [-0.25, -0.2) is 8.78 Å². The van der Waals surface area contributed by atoms with Crippen LogP contribution < -0.4 is 5.32 Å². The fourth-order valence-corrected chi connectivity index (χ4v) is 1.37. The van der Waals surface area contributed by atoms with Crippen molar-refractivity contribution in [1.82, 2.24) is 5.32 Å². The summed E-state index contributed by atoms with van der Waals surface area (Å²) >= 11 is 11.2. The maximum atomic E-state index is 13.3. The molecular weight excluding hydrogens is 271 g/mol. The van der Waals surface area contributed by atoms with Gasteiger partial charge in [0, 0.05) is 6.54 Å². The van der Waals surface area contributed by atoms with Gasteiger partial charge in [0.05, 0.1) is 16.0 Å². The Morgan fingerprint density at radius 3 is 2.65 bits per heavy atom. The van der Waals surface area contributed by atoms with Gasteiger partial charge >= 0.3 is 0 Å². The van der Waals surface area contributed by atoms with Gasteiger partial charge in [0.25, 0.3) is 5.91 Å². The lowest BCUT2D eigenvalue weighted by Crippen LogP contribution is -2.30. The van der Waals surface area contributed by atoms with E-state index >= 15 is 0 Å². The normalized spacial score (nSPS) is 12.3. The third-order valence-corrected chi connectivity index (χ3v) is 2.93. The molecule has 0 fully saturated rings. The molecule has 0 aliphatic heterocycles. The molecule has 1 aromatic carbocycles. The number of rotatable bonds is 4. The first-order chi connectivity index (χ1) is 7.95. The van der Waals surface area contributed by atoms with Gasteiger partial charge in [0.1, 0.15) is 11.6 Å². The van der Waals surface area contributed by atoms with E-state index in [0.29, 0.717) is 6.42 Å². The van der Waals surface area contributed by atoms with Crippen LogP contribution in [0.25, 0.3) is 0 Å². The highest BCUT2D eigenvalue weighted by atomic mass is 35.5. The van der Waals surface area contributed by atoms with Crippen LogP contribution >= 0.6 is 23.2 Å². The molecule has 1 atom stereocenters. The van der Waals surface area contributed by atoms with E-state index in [4.69, 9.17) is 23.2 Å². The minimum atomic E-state index is -0.864. The van der Waals surface area contributed by atoms with Crippen molar-refractivity contribution >= 4 is 29.1 Å². The van der Waals surface area contributed by atoms with Crippen LogP contribution in [0.1, 0.15) is 23.7 Å². The molecule has 1 rings (SSSR count). The van der Waals surface area contributed by atoms with Gasteiger partial charge in [0.2, 0.25) is 0 Å². The van der Waals surface area contributed by atoms with Gasteiger partial charge in [-0.05, 0) is 18.6 Å². The fourth-order valence-electron chi connectivity index (χ4n) is 1.14. The number of alkyl halides is 1. The van der Waals surface area contributed by atoms with Crippen molar-refractivity contribution in [1.29, 1.82) is 0 Å². The molecule has 0 heterocycles. The number of hydrogen-bond acceptors (Lipinski definition) is 1. The zero-order chi connectivity index (χ0) is 13.0. The number of nitrogens with one attached hydrogen (secondary N) is 1. The van der Waals surface area contributed by atoms with E-state index in [9.17, 15) is 13.6 Å². The maximum Gasteiger partial charge on any atom is 0.254 e. The summed E-state index contributed by atoms with van der Waals surface area (Å²) in [5.41, 5.74) is -0.383. The van der Waals surface area contributed by atoms with Crippen LogP contribution in [-0.2, 0) is 0 Å². The molecule has 1 unspecified atom stereocenters. The molecule has 0 saturated carbocycles. The number of benzene rings is 1. The molecule has 0 radical (unpaired) electrons. The topological polar surface area (TPSA) is 29.1 Å². The summed E-state index contributed by atoms with van der Waals surface area (Å²) in [7, 11) is 0. The summed E-state index contributed by atoms with van der Waals surface area (Å²) in [6, 6.07) is 1.53. The molecule has 0 saturated heterocycles. The van der Waals surface area contributed by atoms with Crippen LogP contribution in [0.4, 0.5) is 8.78 Å². The van der Waals surface area contributed by atoms with Gasteiger partial charge in [-0.3, -0.25) is 4.79 Å².